The van der Waals surface area contributed by atoms with Crippen LogP contribution in [0.2, 0.25) is 0 Å². The van der Waals surface area contributed by atoms with Gasteiger partial charge in [0.15, 0.2) is 21.4 Å². The van der Waals surface area contributed by atoms with Crippen LogP contribution < -0.4 is 5.73 Å². The number of sulfone groups is 1. The second kappa shape index (κ2) is 44.3. The van der Waals surface area contributed by atoms with E-state index < -0.39 is 9.84 Å². The highest BCUT2D eigenvalue weighted by atomic mass is 32.2. The van der Waals surface area contributed by atoms with Crippen molar-refractivity contribution in [3.05, 3.63) is 95.9 Å². The smallest absolute Gasteiger partial charge is 0.177 e. The van der Waals surface area contributed by atoms with Gasteiger partial charge < -0.3 is 39.2 Å². The van der Waals surface area contributed by atoms with Gasteiger partial charge in [-0.25, -0.2) is 8.42 Å². The summed E-state index contributed by atoms with van der Waals surface area (Å²) in [6.45, 7) is 31.4. The first kappa shape index (κ1) is 80.8. The van der Waals surface area contributed by atoms with E-state index >= 15 is 0 Å². The van der Waals surface area contributed by atoms with Gasteiger partial charge in [0.25, 0.3) is 0 Å². The maximum atomic E-state index is 11.6. The lowest BCUT2D eigenvalue weighted by atomic mass is 9.84. The number of aromatic nitrogens is 3. The highest BCUT2D eigenvalue weighted by Crippen LogP contribution is 2.28. The molecule has 3 N–H and O–H groups in total. The number of nitrogens with two attached hydrogens (primary N) is 1. The Morgan fingerprint density at radius 2 is 1.18 bits per heavy atom. The average Bonchev–Trinajstić information content (AvgIpc) is 4.00. The van der Waals surface area contributed by atoms with Crippen molar-refractivity contribution in [2.45, 2.75) is 217 Å². The van der Waals surface area contributed by atoms with Gasteiger partial charge in [0.2, 0.25) is 0 Å². The van der Waals surface area contributed by atoms with Crippen molar-refractivity contribution in [1.82, 2.24) is 20.1 Å². The van der Waals surface area contributed by atoms with Crippen molar-refractivity contribution < 1.29 is 51.5 Å². The normalized spacial score (nSPS) is 13.6. The van der Waals surface area contributed by atoms with Crippen molar-refractivity contribution >= 4 is 61.8 Å². The van der Waals surface area contributed by atoms with Crippen LogP contribution in [0.15, 0.2) is 84.0 Å². The summed E-state index contributed by atoms with van der Waals surface area (Å²) in [5.74, 6) is 2.70. The monoisotopic (exact) mass is 1230 g/mol. The second-order valence-electron chi connectivity index (χ2n) is 25.7. The summed E-state index contributed by atoms with van der Waals surface area (Å²) in [7, 11) is -3.24. The second-order valence-corrected chi connectivity index (χ2v) is 27.7. The molecule has 1 saturated heterocycles. The highest BCUT2D eigenvalue weighted by Gasteiger charge is 2.17. The van der Waals surface area contributed by atoms with Crippen LogP contribution in [-0.4, -0.2) is 114 Å². The molecule has 87 heavy (non-hydrogen) atoms. The summed E-state index contributed by atoms with van der Waals surface area (Å²) >= 11 is 0. The van der Waals surface area contributed by atoms with Gasteiger partial charge in [-0.15, -0.1) is 0 Å². The summed E-state index contributed by atoms with van der Waals surface area (Å²) in [6.07, 6.45) is 21.7. The molecule has 17 heteroatoms. The molecule has 2 aromatic carbocycles. The Balaban J connectivity index is 0.000000999. The standard InChI is InChI=1S/C12H14O4S.C10H9N3O.C10H13NO.C10H18O.C10H20O.C9H17NO2.C9H18O/c1-9(13)3-8-12(14)10-4-6-11(7-5-10)17(2,15)16;1-7(14)9-6-10(13-12-9)8-2-4-11-5-3-8;1-8(12)2-3-9-4-6-10(11)7-5-9;1-9(11)7-8-10-5-3-2-4-6-10;1-8(6-9(2)11)7-10(3,4)5;1-9(11)3-2-4-10-5-7-12-8-6-10;1-8(10)6-5-7-9(2,3)4/h4-7H,3,8H2,1-2H3;2-6H,1H3,(H,12,13);4-7H,2-3,11H2,1H3;10H,2-8H2,1H3;8H,6-7H2,1-5H3;2-8H2,1H3;5-7H2,1-4H3. The zero-order chi connectivity index (χ0) is 66.2. The van der Waals surface area contributed by atoms with Crippen LogP contribution in [0.25, 0.3) is 11.3 Å². The summed E-state index contributed by atoms with van der Waals surface area (Å²) in [5.41, 5.74) is 10.9. The first-order valence-electron chi connectivity index (χ1n) is 31.0. The number of anilines is 1. The topological polar surface area (TPSA) is 251 Å². The number of carbonyl (C=O) groups is 8. The number of aryl methyl sites for hydroxylation is 1. The van der Waals surface area contributed by atoms with E-state index in [2.05, 4.69) is 68.5 Å². The van der Waals surface area contributed by atoms with E-state index in [0.717, 1.165) is 126 Å². The van der Waals surface area contributed by atoms with Gasteiger partial charge in [-0.05, 0) is 157 Å². The number of H-pyrrole nitrogens is 1. The van der Waals surface area contributed by atoms with Crippen molar-refractivity contribution in [3.8, 4) is 11.3 Å². The molecule has 1 unspecified atom stereocenters. The van der Waals surface area contributed by atoms with Gasteiger partial charge in [0, 0.05) is 100 Å². The molecule has 1 aliphatic heterocycles. The number of nitrogen functional groups attached to an aromatic ring is 1. The minimum Gasteiger partial charge on any atom is -0.399 e. The molecule has 0 radical (unpaired) electrons. The third kappa shape index (κ3) is 46.6. The van der Waals surface area contributed by atoms with E-state index in [1.807, 2.05) is 36.4 Å². The van der Waals surface area contributed by atoms with E-state index in [1.165, 1.54) is 75.8 Å². The molecule has 1 atom stereocenters. The van der Waals surface area contributed by atoms with Crippen molar-refractivity contribution in [3.63, 3.8) is 0 Å². The summed E-state index contributed by atoms with van der Waals surface area (Å²) in [5, 5.41) is 6.72. The maximum absolute atomic E-state index is 11.6. The van der Waals surface area contributed by atoms with E-state index in [9.17, 15) is 46.8 Å². The molecule has 1 saturated carbocycles. The van der Waals surface area contributed by atoms with E-state index in [1.54, 1.807) is 53.1 Å². The molecule has 2 aromatic heterocycles. The zero-order valence-electron chi connectivity index (χ0n) is 55.7. The zero-order valence-corrected chi connectivity index (χ0v) is 56.6. The number of rotatable bonds is 23. The molecule has 0 bridgehead atoms. The van der Waals surface area contributed by atoms with Crippen molar-refractivity contribution in [2.24, 2.45) is 22.7 Å². The lowest BCUT2D eigenvalue weighted by Gasteiger charge is -2.26. The number of hydrogen-bond donors (Lipinski definition) is 2. The molecule has 0 amide bonds. The first-order valence-corrected chi connectivity index (χ1v) is 32.9. The Bertz CT molecular complexity index is 2750. The van der Waals surface area contributed by atoms with E-state index in [4.69, 9.17) is 10.5 Å². The molecule has 6 rings (SSSR count). The van der Waals surface area contributed by atoms with Gasteiger partial charge in [-0.3, -0.25) is 24.6 Å². The molecule has 3 heterocycles. The predicted molar refractivity (Wildman–Crippen MR) is 352 cm³/mol. The molecule has 2 fully saturated rings. The Hall–Kier alpha value is -6.17. The fraction of sp³-hybridized carbons (Fsp3) is 0.600. The molecule has 0 spiro atoms. The molecule has 4 aromatic rings. The quantitative estimate of drug-likeness (QED) is 0.0517. The lowest BCUT2D eigenvalue weighted by molar-refractivity contribution is -0.118. The number of ketones is 8. The lowest BCUT2D eigenvalue weighted by Crippen LogP contribution is -2.36. The van der Waals surface area contributed by atoms with Crippen LogP contribution in [-0.2, 0) is 49.8 Å². The number of Topliss-reactive ketones (excluding diaryl/α,β-unsaturated/α-hetero) is 8. The predicted octanol–water partition coefficient (Wildman–Crippen LogP) is 14.6. The number of carbonyl (C=O) groups excluding carboxylic acids is 8. The number of nitrogens with zero attached hydrogens (tertiary/aromatic N) is 3. The third-order valence-electron chi connectivity index (χ3n) is 13.8. The van der Waals surface area contributed by atoms with Crippen molar-refractivity contribution in [1.29, 1.82) is 0 Å². The van der Waals surface area contributed by atoms with Crippen LogP contribution in [0.1, 0.15) is 232 Å². The van der Waals surface area contributed by atoms with Gasteiger partial charge in [0.05, 0.1) is 23.8 Å². The molecule has 486 valence electrons. The summed E-state index contributed by atoms with van der Waals surface area (Å²) in [4.78, 5) is 93.0. The number of aromatic amines is 1. The van der Waals surface area contributed by atoms with Gasteiger partial charge >= 0.3 is 0 Å². The largest absolute Gasteiger partial charge is 0.399 e. The Morgan fingerprint density at radius 3 is 1.64 bits per heavy atom. The maximum Gasteiger partial charge on any atom is 0.177 e. The minimum atomic E-state index is -3.24. The van der Waals surface area contributed by atoms with Crippen LogP contribution in [0.5, 0.6) is 0 Å². The van der Waals surface area contributed by atoms with Gasteiger partial charge in [-0.1, -0.05) is 105 Å². The first-order chi connectivity index (χ1) is 40.6. The number of morpholine rings is 1. The highest BCUT2D eigenvalue weighted by molar-refractivity contribution is 7.90. The average molecular weight is 1230 g/mol. The Kier molecular flexibility index (Phi) is 41.2. The number of ether oxygens (including phenoxy) is 1. The molecular formula is C70H109N5O11S. The Morgan fingerprint density at radius 1 is 0.655 bits per heavy atom. The van der Waals surface area contributed by atoms with Crippen LogP contribution >= 0.6 is 0 Å². The van der Waals surface area contributed by atoms with Crippen LogP contribution in [0.4, 0.5) is 5.69 Å². The number of pyridine rings is 1. The fourth-order valence-electron chi connectivity index (χ4n) is 9.23. The van der Waals surface area contributed by atoms with E-state index in [0.29, 0.717) is 57.6 Å². The molecule has 16 nitrogen and oxygen atoms in total. The third-order valence-corrected chi connectivity index (χ3v) is 14.9. The molecular weight excluding hydrogens is 1120 g/mol. The van der Waals surface area contributed by atoms with Crippen LogP contribution in [0, 0.1) is 22.7 Å². The Labute approximate surface area is 523 Å². The number of nitrogens with one attached hydrogen (secondary N) is 1. The molecule has 1 aliphatic carbocycles. The minimum absolute atomic E-state index is 0.0159. The van der Waals surface area contributed by atoms with Gasteiger partial charge in [0.1, 0.15) is 40.4 Å². The van der Waals surface area contributed by atoms with Crippen molar-refractivity contribution in [2.75, 3.05) is 44.8 Å². The van der Waals surface area contributed by atoms with Gasteiger partial charge in [-0.2, -0.15) is 5.10 Å². The van der Waals surface area contributed by atoms with E-state index in [-0.39, 0.29) is 40.9 Å². The molecule has 2 aliphatic rings. The summed E-state index contributed by atoms with van der Waals surface area (Å²) in [6, 6.07) is 18.8. The fourth-order valence-corrected chi connectivity index (χ4v) is 9.87. The summed E-state index contributed by atoms with van der Waals surface area (Å²) < 4.78 is 27.6. The number of hydrogen-bond acceptors (Lipinski definition) is 15. The number of benzene rings is 2. The van der Waals surface area contributed by atoms with Crippen LogP contribution in [0.3, 0.4) is 0 Å². The SMILES string of the molecule is CC(=O)CC(C)CC(C)(C)C.CC(=O)CCC(=O)c1ccc(S(C)(=O)=O)cc1.CC(=O)CCC1CCCCC1.CC(=O)CCCC(C)(C)C.CC(=O)CCCN1CCOCC1.CC(=O)CCc1ccc(N)cc1.CC(=O)c1cc(-c2ccncc2)n[nH]1.